The standard InChI is InChI=1S/C24H32N4O5S/c1-16(2)28(17(3)4)34(30,31)20-6-8-23(25-14-20)27-11-9-18(10-12-27)24(29)26-19-5-7-21-22(13-19)33-15-32-21/h5-8,13-14,16-18H,9-12,15H2,1-4H3,(H,26,29). The summed E-state index contributed by atoms with van der Waals surface area (Å²) in [6.07, 6.45) is 2.81. The van der Waals surface area contributed by atoms with Crippen LogP contribution < -0.4 is 19.7 Å². The van der Waals surface area contributed by atoms with Crippen LogP contribution in [-0.2, 0) is 14.8 Å². The highest BCUT2D eigenvalue weighted by Crippen LogP contribution is 2.34. The van der Waals surface area contributed by atoms with Gasteiger partial charge in [0.1, 0.15) is 10.7 Å². The number of benzene rings is 1. The molecule has 0 spiro atoms. The number of piperidine rings is 1. The zero-order valence-corrected chi connectivity index (χ0v) is 20.8. The Labute approximate surface area is 201 Å². The van der Waals surface area contributed by atoms with E-state index in [4.69, 9.17) is 9.47 Å². The number of anilines is 2. The van der Waals surface area contributed by atoms with Crippen LogP contribution in [0.3, 0.4) is 0 Å². The third-order valence-corrected chi connectivity index (χ3v) is 8.38. The molecule has 0 unspecified atom stereocenters. The van der Waals surface area contributed by atoms with Crippen LogP contribution in [0.25, 0.3) is 0 Å². The van der Waals surface area contributed by atoms with Gasteiger partial charge in [-0.05, 0) is 64.8 Å². The lowest BCUT2D eigenvalue weighted by Crippen LogP contribution is -2.42. The molecule has 1 aromatic heterocycles. The number of rotatable bonds is 7. The molecule has 1 amide bonds. The number of pyridine rings is 1. The maximum Gasteiger partial charge on any atom is 0.245 e. The van der Waals surface area contributed by atoms with Crippen molar-refractivity contribution in [3.63, 3.8) is 0 Å². The van der Waals surface area contributed by atoms with Crippen LogP contribution in [0.4, 0.5) is 11.5 Å². The van der Waals surface area contributed by atoms with Gasteiger partial charge in [-0.15, -0.1) is 0 Å². The molecule has 0 atom stereocenters. The van der Waals surface area contributed by atoms with Crippen molar-refractivity contribution in [2.45, 2.75) is 57.5 Å². The molecule has 1 fully saturated rings. The van der Waals surface area contributed by atoms with Gasteiger partial charge in [0.05, 0.1) is 0 Å². The lowest BCUT2D eigenvalue weighted by molar-refractivity contribution is -0.120. The maximum atomic E-state index is 13.0. The largest absolute Gasteiger partial charge is 0.454 e. The van der Waals surface area contributed by atoms with Crippen molar-refractivity contribution in [2.75, 3.05) is 30.1 Å². The number of carbonyl (C=O) groups excluding carboxylic acids is 1. The minimum atomic E-state index is -3.62. The summed E-state index contributed by atoms with van der Waals surface area (Å²) in [5.41, 5.74) is 0.687. The SMILES string of the molecule is CC(C)N(C(C)C)S(=O)(=O)c1ccc(N2CCC(C(=O)Nc3ccc4c(c3)OCO4)CC2)nc1. The molecule has 4 rings (SSSR count). The number of nitrogens with one attached hydrogen (secondary N) is 1. The van der Waals surface area contributed by atoms with Crippen LogP contribution >= 0.6 is 0 Å². The summed E-state index contributed by atoms with van der Waals surface area (Å²) in [4.78, 5) is 19.5. The molecule has 2 aromatic rings. The molecule has 9 nitrogen and oxygen atoms in total. The van der Waals surface area contributed by atoms with Gasteiger partial charge in [0, 0.05) is 49.0 Å². The van der Waals surface area contributed by atoms with E-state index in [-0.39, 0.29) is 35.6 Å². The number of fused-ring (bicyclic) bond motifs is 1. The number of amides is 1. The Morgan fingerprint density at radius 1 is 1.06 bits per heavy atom. The van der Waals surface area contributed by atoms with Gasteiger partial charge in [-0.3, -0.25) is 4.79 Å². The van der Waals surface area contributed by atoms with E-state index in [2.05, 4.69) is 15.2 Å². The van der Waals surface area contributed by atoms with Crippen LogP contribution in [0.1, 0.15) is 40.5 Å². The topological polar surface area (TPSA) is 101 Å². The van der Waals surface area contributed by atoms with Gasteiger partial charge in [0.15, 0.2) is 11.5 Å². The summed E-state index contributed by atoms with van der Waals surface area (Å²) in [7, 11) is -3.62. The van der Waals surface area contributed by atoms with Crippen molar-refractivity contribution in [2.24, 2.45) is 5.92 Å². The van der Waals surface area contributed by atoms with Crippen LogP contribution in [0.5, 0.6) is 11.5 Å². The first-order valence-electron chi connectivity index (χ1n) is 11.6. The number of hydrogen-bond donors (Lipinski definition) is 1. The van der Waals surface area contributed by atoms with Crippen LogP contribution in [0, 0.1) is 5.92 Å². The molecule has 184 valence electrons. The second kappa shape index (κ2) is 9.79. The molecule has 10 heteroatoms. The van der Waals surface area contributed by atoms with Gasteiger partial charge < -0.3 is 19.7 Å². The number of nitrogens with zero attached hydrogens (tertiary/aromatic N) is 3. The molecule has 0 aliphatic carbocycles. The fourth-order valence-corrected chi connectivity index (χ4v) is 6.35. The van der Waals surface area contributed by atoms with Crippen LogP contribution in [0.15, 0.2) is 41.4 Å². The number of carbonyl (C=O) groups is 1. The van der Waals surface area contributed by atoms with Crippen molar-refractivity contribution in [1.29, 1.82) is 0 Å². The minimum Gasteiger partial charge on any atom is -0.454 e. The second-order valence-corrected chi connectivity index (χ2v) is 11.0. The third kappa shape index (κ3) is 4.97. The first-order chi connectivity index (χ1) is 16.2. The summed E-state index contributed by atoms with van der Waals surface area (Å²) in [5.74, 6) is 1.91. The number of sulfonamides is 1. The molecule has 2 aliphatic rings. The zero-order chi connectivity index (χ0) is 24.5. The summed E-state index contributed by atoms with van der Waals surface area (Å²) < 4.78 is 38.3. The summed E-state index contributed by atoms with van der Waals surface area (Å²) in [6.45, 7) is 9.00. The summed E-state index contributed by atoms with van der Waals surface area (Å²) in [6, 6.07) is 8.44. The van der Waals surface area contributed by atoms with Crippen molar-refractivity contribution in [3.05, 3.63) is 36.5 Å². The molecule has 0 radical (unpaired) electrons. The smallest absolute Gasteiger partial charge is 0.245 e. The van der Waals surface area contributed by atoms with Gasteiger partial charge >= 0.3 is 0 Å². The predicted octanol–water partition coefficient (Wildman–Crippen LogP) is 3.47. The summed E-state index contributed by atoms with van der Waals surface area (Å²) in [5, 5.41) is 2.97. The molecular formula is C24H32N4O5S. The Balaban J connectivity index is 1.35. The molecule has 0 saturated carbocycles. The highest BCUT2D eigenvalue weighted by atomic mass is 32.2. The van der Waals surface area contributed by atoms with Crippen molar-refractivity contribution >= 4 is 27.4 Å². The van der Waals surface area contributed by atoms with E-state index in [0.29, 0.717) is 48.9 Å². The molecule has 34 heavy (non-hydrogen) atoms. The first-order valence-corrected chi connectivity index (χ1v) is 13.1. The molecule has 1 N–H and O–H groups in total. The van der Waals surface area contributed by atoms with Crippen LogP contribution in [-0.4, -0.2) is 55.6 Å². The Hall–Kier alpha value is -2.85. The monoisotopic (exact) mass is 488 g/mol. The van der Waals surface area contributed by atoms with E-state index in [9.17, 15) is 13.2 Å². The fraction of sp³-hybridized carbons (Fsp3) is 0.500. The average Bonchev–Trinajstić information content (AvgIpc) is 3.26. The average molecular weight is 489 g/mol. The molecule has 0 bridgehead atoms. The van der Waals surface area contributed by atoms with Gasteiger partial charge in [0.2, 0.25) is 22.7 Å². The third-order valence-electron chi connectivity index (χ3n) is 6.14. The number of aromatic nitrogens is 1. The second-order valence-electron chi connectivity index (χ2n) is 9.19. The molecule has 1 aromatic carbocycles. The number of hydrogen-bond acceptors (Lipinski definition) is 7. The lowest BCUT2D eigenvalue weighted by Gasteiger charge is -2.32. The van der Waals surface area contributed by atoms with Gasteiger partial charge in [-0.2, -0.15) is 4.31 Å². The van der Waals surface area contributed by atoms with Gasteiger partial charge in [-0.25, -0.2) is 13.4 Å². The van der Waals surface area contributed by atoms with E-state index in [1.54, 1.807) is 30.3 Å². The van der Waals surface area contributed by atoms with E-state index in [0.717, 1.165) is 0 Å². The Bertz CT molecular complexity index is 1120. The highest BCUT2D eigenvalue weighted by Gasteiger charge is 2.30. The van der Waals surface area contributed by atoms with E-state index in [1.165, 1.54) is 10.5 Å². The maximum absolute atomic E-state index is 13.0. The summed E-state index contributed by atoms with van der Waals surface area (Å²) >= 11 is 0. The van der Waals surface area contributed by atoms with Crippen molar-refractivity contribution in [3.8, 4) is 11.5 Å². The van der Waals surface area contributed by atoms with E-state index < -0.39 is 10.0 Å². The first kappa shape index (κ1) is 24.3. The Kier molecular flexibility index (Phi) is 6.99. The Morgan fingerprint density at radius 2 is 1.74 bits per heavy atom. The normalized spacial score (nSPS) is 16.5. The molecule has 1 saturated heterocycles. The van der Waals surface area contributed by atoms with Crippen LogP contribution in [0.2, 0.25) is 0 Å². The highest BCUT2D eigenvalue weighted by molar-refractivity contribution is 7.89. The van der Waals surface area contributed by atoms with E-state index >= 15 is 0 Å². The Morgan fingerprint density at radius 3 is 2.35 bits per heavy atom. The van der Waals surface area contributed by atoms with Gasteiger partial charge in [-0.1, -0.05) is 0 Å². The number of ether oxygens (including phenoxy) is 2. The molecule has 2 aliphatic heterocycles. The fourth-order valence-electron chi connectivity index (χ4n) is 4.57. The molecular weight excluding hydrogens is 456 g/mol. The zero-order valence-electron chi connectivity index (χ0n) is 20.0. The van der Waals surface area contributed by atoms with Gasteiger partial charge in [0.25, 0.3) is 0 Å². The molecule has 3 heterocycles. The lowest BCUT2D eigenvalue weighted by atomic mass is 9.95. The van der Waals surface area contributed by atoms with E-state index in [1.807, 2.05) is 27.7 Å². The van der Waals surface area contributed by atoms with Crippen molar-refractivity contribution < 1.29 is 22.7 Å². The van der Waals surface area contributed by atoms with Crippen molar-refractivity contribution in [1.82, 2.24) is 9.29 Å². The quantitative estimate of drug-likeness (QED) is 0.637. The predicted molar refractivity (Wildman–Crippen MR) is 130 cm³/mol. The minimum absolute atomic E-state index is 0.0182.